The van der Waals surface area contributed by atoms with Crippen molar-refractivity contribution in [2.24, 2.45) is 0 Å². The van der Waals surface area contributed by atoms with E-state index in [0.717, 1.165) is 83.5 Å². The van der Waals surface area contributed by atoms with Gasteiger partial charge in [-0.1, -0.05) is 215 Å². The Morgan fingerprint density at radius 2 is 0.631 bits per heavy atom. The molecule has 0 aromatic carbocycles. The number of carbonyl (C=O) groups is 3. The van der Waals surface area contributed by atoms with Gasteiger partial charge in [0.1, 0.15) is 13.2 Å². The van der Waals surface area contributed by atoms with Crippen LogP contribution >= 0.6 is 0 Å². The molecule has 0 amide bonds. The highest BCUT2D eigenvalue weighted by Gasteiger charge is 2.19. The lowest BCUT2D eigenvalue weighted by atomic mass is 10.1. The minimum absolute atomic E-state index is 0.110. The standard InChI is InChI=1S/C59H100O6/c1-4-7-10-13-16-19-22-25-26-27-28-29-30-31-32-35-37-40-43-46-49-52-58(61)64-55-56(65-59(62)53-50-47-44-41-38-34-24-21-18-15-12-9-6-3)54-63-57(60)51-48-45-42-39-36-33-23-20-17-14-11-8-5-2/h9,12,18,20-23,25,27-28,34,38,44,47,56H,4-8,10-11,13-17,19,24,26,29-33,35-37,39-43,45-46,48-55H2,1-3H3/b12-9-,21-18-,23-20-,25-22-,28-27-,38-34-,47-44-. The van der Waals surface area contributed by atoms with Gasteiger partial charge in [0.25, 0.3) is 0 Å². The van der Waals surface area contributed by atoms with Crippen molar-refractivity contribution in [1.82, 2.24) is 0 Å². The highest BCUT2D eigenvalue weighted by molar-refractivity contribution is 5.71. The first-order valence-electron chi connectivity index (χ1n) is 27.1. The number of allylic oxidation sites excluding steroid dienone is 14. The van der Waals surface area contributed by atoms with E-state index >= 15 is 0 Å². The Labute approximate surface area is 401 Å². The first-order valence-corrected chi connectivity index (χ1v) is 27.1. The molecule has 0 saturated heterocycles. The van der Waals surface area contributed by atoms with Crippen LogP contribution in [0.3, 0.4) is 0 Å². The van der Waals surface area contributed by atoms with Crippen LogP contribution < -0.4 is 0 Å². The van der Waals surface area contributed by atoms with Crippen LogP contribution in [-0.4, -0.2) is 37.2 Å². The molecule has 0 aliphatic carbocycles. The summed E-state index contributed by atoms with van der Waals surface area (Å²) in [6.07, 6.45) is 68.7. The lowest BCUT2D eigenvalue weighted by Gasteiger charge is -2.18. The van der Waals surface area contributed by atoms with Gasteiger partial charge in [-0.2, -0.15) is 0 Å². The Hall–Kier alpha value is -3.41. The van der Waals surface area contributed by atoms with Crippen LogP contribution in [0.2, 0.25) is 0 Å². The van der Waals surface area contributed by atoms with Gasteiger partial charge in [-0.25, -0.2) is 0 Å². The predicted octanol–water partition coefficient (Wildman–Crippen LogP) is 18.0. The second kappa shape index (κ2) is 53.2. The van der Waals surface area contributed by atoms with Crippen molar-refractivity contribution in [3.63, 3.8) is 0 Å². The molecule has 0 radical (unpaired) electrons. The van der Waals surface area contributed by atoms with E-state index in [-0.39, 0.29) is 31.6 Å². The van der Waals surface area contributed by atoms with Crippen molar-refractivity contribution in [2.75, 3.05) is 13.2 Å². The lowest BCUT2D eigenvalue weighted by Crippen LogP contribution is -2.30. The van der Waals surface area contributed by atoms with E-state index in [4.69, 9.17) is 14.2 Å². The molecular formula is C59H100O6. The van der Waals surface area contributed by atoms with E-state index in [0.29, 0.717) is 19.3 Å². The molecular weight excluding hydrogens is 805 g/mol. The third-order valence-corrected chi connectivity index (χ3v) is 11.4. The van der Waals surface area contributed by atoms with Crippen molar-refractivity contribution >= 4 is 17.9 Å². The molecule has 0 bridgehead atoms. The monoisotopic (exact) mass is 905 g/mol. The summed E-state index contributed by atoms with van der Waals surface area (Å²) in [5.74, 6) is -1.00. The Morgan fingerprint density at radius 3 is 1.03 bits per heavy atom. The molecule has 65 heavy (non-hydrogen) atoms. The van der Waals surface area contributed by atoms with Crippen LogP contribution in [0.25, 0.3) is 0 Å². The third-order valence-electron chi connectivity index (χ3n) is 11.4. The van der Waals surface area contributed by atoms with Crippen molar-refractivity contribution in [1.29, 1.82) is 0 Å². The highest BCUT2D eigenvalue weighted by Crippen LogP contribution is 2.14. The molecule has 0 fully saturated rings. The van der Waals surface area contributed by atoms with Gasteiger partial charge in [0.05, 0.1) is 0 Å². The zero-order chi connectivity index (χ0) is 47.2. The Bertz CT molecular complexity index is 1270. The number of unbranched alkanes of at least 4 members (excludes halogenated alkanes) is 23. The largest absolute Gasteiger partial charge is 0.462 e. The van der Waals surface area contributed by atoms with Crippen LogP contribution in [0.1, 0.15) is 252 Å². The van der Waals surface area contributed by atoms with E-state index in [1.165, 1.54) is 122 Å². The van der Waals surface area contributed by atoms with Crippen LogP contribution in [-0.2, 0) is 28.6 Å². The van der Waals surface area contributed by atoms with Gasteiger partial charge in [0.2, 0.25) is 0 Å². The molecule has 0 saturated carbocycles. The van der Waals surface area contributed by atoms with Gasteiger partial charge >= 0.3 is 17.9 Å². The van der Waals surface area contributed by atoms with Gasteiger partial charge in [-0.05, 0) is 103 Å². The van der Waals surface area contributed by atoms with E-state index in [1.807, 2.05) is 12.2 Å². The topological polar surface area (TPSA) is 78.9 Å². The van der Waals surface area contributed by atoms with Gasteiger partial charge in [0.15, 0.2) is 6.10 Å². The summed E-state index contributed by atoms with van der Waals surface area (Å²) in [6.45, 7) is 6.43. The molecule has 372 valence electrons. The molecule has 0 spiro atoms. The molecule has 0 N–H and O–H groups in total. The number of hydrogen-bond donors (Lipinski definition) is 0. The van der Waals surface area contributed by atoms with Gasteiger partial charge in [0, 0.05) is 19.3 Å². The van der Waals surface area contributed by atoms with Crippen LogP contribution in [0.5, 0.6) is 0 Å². The van der Waals surface area contributed by atoms with Crippen LogP contribution in [0.4, 0.5) is 0 Å². The van der Waals surface area contributed by atoms with Gasteiger partial charge in [-0.3, -0.25) is 14.4 Å². The lowest BCUT2D eigenvalue weighted by molar-refractivity contribution is -0.166. The van der Waals surface area contributed by atoms with E-state index in [2.05, 4.69) is 93.7 Å². The average Bonchev–Trinajstić information content (AvgIpc) is 3.30. The fraction of sp³-hybridized carbons (Fsp3) is 0.712. The summed E-state index contributed by atoms with van der Waals surface area (Å²) in [7, 11) is 0. The van der Waals surface area contributed by atoms with Crippen molar-refractivity contribution < 1.29 is 28.6 Å². The van der Waals surface area contributed by atoms with Crippen molar-refractivity contribution in [3.05, 3.63) is 85.1 Å². The maximum atomic E-state index is 12.8. The van der Waals surface area contributed by atoms with E-state index in [1.54, 1.807) is 0 Å². The SMILES string of the molecule is CC/C=C\C/C=C\C/C=C\C/C=C\CCC(=O)OC(COC(=O)CCCCCCC/C=C\CCCCCC)COC(=O)CCCCCCCCCCC/C=C\C/C=C\CCCCCCC. The first kappa shape index (κ1) is 61.6. The molecule has 1 unspecified atom stereocenters. The van der Waals surface area contributed by atoms with Crippen LogP contribution in [0.15, 0.2) is 85.1 Å². The van der Waals surface area contributed by atoms with Gasteiger partial charge in [-0.15, -0.1) is 0 Å². The minimum atomic E-state index is -0.819. The maximum Gasteiger partial charge on any atom is 0.306 e. The zero-order valence-electron chi connectivity index (χ0n) is 42.5. The van der Waals surface area contributed by atoms with Crippen LogP contribution in [0, 0.1) is 0 Å². The molecule has 1 atom stereocenters. The summed E-state index contributed by atoms with van der Waals surface area (Å²) < 4.78 is 16.7. The Morgan fingerprint density at radius 1 is 0.323 bits per heavy atom. The maximum absolute atomic E-state index is 12.8. The zero-order valence-corrected chi connectivity index (χ0v) is 42.5. The summed E-state index contributed by atoms with van der Waals surface area (Å²) in [4.78, 5) is 38.0. The number of ether oxygens (including phenoxy) is 3. The van der Waals surface area contributed by atoms with Crippen molar-refractivity contribution in [3.8, 4) is 0 Å². The van der Waals surface area contributed by atoms with Gasteiger partial charge < -0.3 is 14.2 Å². The fourth-order valence-electron chi connectivity index (χ4n) is 7.30. The Kier molecular flexibility index (Phi) is 50.4. The second-order valence-corrected chi connectivity index (χ2v) is 17.7. The molecule has 6 nitrogen and oxygen atoms in total. The smallest absolute Gasteiger partial charge is 0.306 e. The summed E-state index contributed by atoms with van der Waals surface area (Å²) in [6, 6.07) is 0. The van der Waals surface area contributed by atoms with E-state index in [9.17, 15) is 14.4 Å². The number of rotatable bonds is 48. The fourth-order valence-corrected chi connectivity index (χ4v) is 7.30. The third kappa shape index (κ3) is 51.4. The second-order valence-electron chi connectivity index (χ2n) is 17.7. The Balaban J connectivity index is 4.40. The summed E-state index contributed by atoms with van der Waals surface area (Å²) in [5, 5.41) is 0. The predicted molar refractivity (Wildman–Crippen MR) is 279 cm³/mol. The average molecular weight is 905 g/mol. The van der Waals surface area contributed by atoms with Crippen molar-refractivity contribution in [2.45, 2.75) is 258 Å². The molecule has 0 rings (SSSR count). The molecule has 0 aromatic heterocycles. The quantitative estimate of drug-likeness (QED) is 0.0262. The number of carbonyl (C=O) groups excluding carboxylic acids is 3. The van der Waals surface area contributed by atoms with E-state index < -0.39 is 12.1 Å². The molecule has 0 heterocycles. The molecule has 0 aliphatic rings. The number of hydrogen-bond acceptors (Lipinski definition) is 6. The minimum Gasteiger partial charge on any atom is -0.462 e. The highest BCUT2D eigenvalue weighted by atomic mass is 16.6. The first-order chi connectivity index (χ1) is 32.0. The molecule has 6 heteroatoms. The number of esters is 3. The summed E-state index contributed by atoms with van der Waals surface area (Å²) in [5.41, 5.74) is 0. The molecule has 0 aromatic rings. The molecule has 0 aliphatic heterocycles. The summed E-state index contributed by atoms with van der Waals surface area (Å²) >= 11 is 0. The normalized spacial score (nSPS) is 12.7.